The van der Waals surface area contributed by atoms with Gasteiger partial charge in [0, 0.05) is 19.3 Å². The zero-order valence-electron chi connectivity index (χ0n) is 53.5. The Hall–Kier alpha value is -4.45. The Balaban J connectivity index is 4.28. The molecular formula is C76H126O6. The van der Waals surface area contributed by atoms with E-state index in [2.05, 4.69) is 154 Å². The van der Waals surface area contributed by atoms with Gasteiger partial charge in [0.2, 0.25) is 0 Å². The summed E-state index contributed by atoms with van der Waals surface area (Å²) in [6.45, 7) is 6.50. The molecule has 0 aromatic rings. The van der Waals surface area contributed by atoms with Crippen LogP contribution in [0.25, 0.3) is 0 Å². The van der Waals surface area contributed by atoms with Gasteiger partial charge >= 0.3 is 17.9 Å². The molecule has 0 aromatic heterocycles. The minimum atomic E-state index is -0.792. The molecule has 0 aromatic carbocycles. The summed E-state index contributed by atoms with van der Waals surface area (Å²) in [6, 6.07) is 0. The standard InChI is InChI=1S/C76H126O6/c1-4-7-10-13-16-19-22-24-26-28-30-31-32-33-34-35-36-37-38-39-40-41-42-43-44-45-47-48-50-52-54-57-60-63-66-69-75(78)81-72-73(71-80-74(77)68-65-62-59-56-21-18-15-12-9-6-3)82-76(79)70-67-64-61-58-55-53-51-49-46-29-27-25-23-20-17-14-11-8-5-2/h7,10,16,19,24-27,30-31,33-34,36-37,39-40,42-43,45,47,50,52,73H,4-6,8-9,11-15,17-18,20-23,28-29,32,35,38,41,44,46,48-49,51,53-72H2,1-3H3/b10-7-,19-16-,26-24-,27-25-,31-30-,34-33-,37-36-,40-39-,43-42-,47-45-,52-50-. The first-order chi connectivity index (χ1) is 40.5. The largest absolute Gasteiger partial charge is 0.462 e. The second-order valence-electron chi connectivity index (χ2n) is 22.4. The van der Waals surface area contributed by atoms with Crippen LogP contribution < -0.4 is 0 Å². The molecule has 0 N–H and O–H groups in total. The van der Waals surface area contributed by atoms with Gasteiger partial charge in [-0.2, -0.15) is 0 Å². The number of allylic oxidation sites excluding steroid dienone is 22. The summed E-state index contributed by atoms with van der Waals surface area (Å²) in [5.41, 5.74) is 0. The highest BCUT2D eigenvalue weighted by atomic mass is 16.6. The molecule has 0 spiro atoms. The third-order valence-corrected chi connectivity index (χ3v) is 14.4. The van der Waals surface area contributed by atoms with Crippen molar-refractivity contribution < 1.29 is 28.6 Å². The fourth-order valence-corrected chi connectivity index (χ4v) is 9.29. The molecule has 0 heterocycles. The summed E-state index contributed by atoms with van der Waals surface area (Å²) in [5, 5.41) is 0. The van der Waals surface area contributed by atoms with Crippen molar-refractivity contribution in [2.45, 2.75) is 316 Å². The molecule has 0 aliphatic heterocycles. The Morgan fingerprint density at radius 2 is 0.476 bits per heavy atom. The Labute approximate surface area is 506 Å². The number of rotatable bonds is 61. The molecule has 0 saturated heterocycles. The molecular weight excluding hydrogens is 1010 g/mol. The van der Waals surface area contributed by atoms with Gasteiger partial charge in [0.05, 0.1) is 0 Å². The lowest BCUT2D eigenvalue weighted by atomic mass is 10.1. The topological polar surface area (TPSA) is 78.9 Å². The maximum atomic E-state index is 12.9. The zero-order valence-corrected chi connectivity index (χ0v) is 53.5. The molecule has 0 rings (SSSR count). The molecule has 6 heteroatoms. The van der Waals surface area contributed by atoms with Crippen LogP contribution in [0.2, 0.25) is 0 Å². The molecule has 6 nitrogen and oxygen atoms in total. The van der Waals surface area contributed by atoms with Crippen LogP contribution in [0.1, 0.15) is 310 Å². The number of carbonyl (C=O) groups is 3. The Kier molecular flexibility index (Phi) is 65.3. The van der Waals surface area contributed by atoms with E-state index in [1.54, 1.807) is 0 Å². The normalized spacial score (nSPS) is 13.0. The van der Waals surface area contributed by atoms with Gasteiger partial charge in [0.25, 0.3) is 0 Å². The van der Waals surface area contributed by atoms with Crippen LogP contribution >= 0.6 is 0 Å². The van der Waals surface area contributed by atoms with Crippen molar-refractivity contribution in [3.8, 4) is 0 Å². The van der Waals surface area contributed by atoms with E-state index in [0.717, 1.165) is 135 Å². The van der Waals surface area contributed by atoms with Crippen molar-refractivity contribution in [3.63, 3.8) is 0 Å². The van der Waals surface area contributed by atoms with Crippen molar-refractivity contribution in [1.82, 2.24) is 0 Å². The summed E-state index contributed by atoms with van der Waals surface area (Å²) in [6.07, 6.45) is 97.6. The summed E-state index contributed by atoms with van der Waals surface area (Å²) in [7, 11) is 0. The van der Waals surface area contributed by atoms with Crippen LogP contribution in [0.3, 0.4) is 0 Å². The maximum Gasteiger partial charge on any atom is 0.306 e. The highest BCUT2D eigenvalue weighted by Crippen LogP contribution is 2.16. The predicted molar refractivity (Wildman–Crippen MR) is 357 cm³/mol. The van der Waals surface area contributed by atoms with Crippen LogP contribution in [-0.4, -0.2) is 37.2 Å². The monoisotopic (exact) mass is 1130 g/mol. The van der Waals surface area contributed by atoms with E-state index >= 15 is 0 Å². The van der Waals surface area contributed by atoms with E-state index in [1.807, 2.05) is 0 Å². The molecule has 0 amide bonds. The minimum Gasteiger partial charge on any atom is -0.462 e. The van der Waals surface area contributed by atoms with Gasteiger partial charge in [-0.05, 0) is 122 Å². The quantitative estimate of drug-likeness (QED) is 0.0261. The Morgan fingerprint density at radius 1 is 0.256 bits per heavy atom. The molecule has 466 valence electrons. The predicted octanol–water partition coefficient (Wildman–Crippen LogP) is 23.7. The number of unbranched alkanes of at least 4 members (excludes halogenated alkanes) is 28. The smallest absolute Gasteiger partial charge is 0.306 e. The van der Waals surface area contributed by atoms with Crippen LogP contribution in [0.4, 0.5) is 0 Å². The average Bonchev–Trinajstić information content (AvgIpc) is 3.48. The van der Waals surface area contributed by atoms with E-state index in [9.17, 15) is 14.4 Å². The summed E-state index contributed by atoms with van der Waals surface area (Å²) >= 11 is 0. The summed E-state index contributed by atoms with van der Waals surface area (Å²) < 4.78 is 16.9. The molecule has 1 unspecified atom stereocenters. The lowest BCUT2D eigenvalue weighted by Gasteiger charge is -2.18. The maximum absolute atomic E-state index is 12.9. The minimum absolute atomic E-state index is 0.0867. The van der Waals surface area contributed by atoms with Crippen LogP contribution in [-0.2, 0) is 28.6 Å². The van der Waals surface area contributed by atoms with E-state index in [1.165, 1.54) is 135 Å². The number of hydrogen-bond donors (Lipinski definition) is 0. The molecule has 0 aliphatic rings. The first-order valence-electron chi connectivity index (χ1n) is 34.2. The van der Waals surface area contributed by atoms with Crippen LogP contribution in [0.5, 0.6) is 0 Å². The first kappa shape index (κ1) is 77.5. The Morgan fingerprint density at radius 3 is 0.756 bits per heavy atom. The van der Waals surface area contributed by atoms with Crippen molar-refractivity contribution in [2.24, 2.45) is 0 Å². The number of ether oxygens (including phenoxy) is 3. The molecule has 0 saturated carbocycles. The average molecular weight is 1140 g/mol. The van der Waals surface area contributed by atoms with E-state index in [0.29, 0.717) is 19.3 Å². The van der Waals surface area contributed by atoms with E-state index in [4.69, 9.17) is 14.2 Å². The third kappa shape index (κ3) is 66.4. The fourth-order valence-electron chi connectivity index (χ4n) is 9.29. The molecule has 0 aliphatic carbocycles. The third-order valence-electron chi connectivity index (χ3n) is 14.4. The highest BCUT2D eigenvalue weighted by molar-refractivity contribution is 5.71. The number of hydrogen-bond acceptors (Lipinski definition) is 6. The van der Waals surface area contributed by atoms with Crippen molar-refractivity contribution in [2.75, 3.05) is 13.2 Å². The molecule has 82 heavy (non-hydrogen) atoms. The van der Waals surface area contributed by atoms with Crippen molar-refractivity contribution in [3.05, 3.63) is 134 Å². The first-order valence-corrected chi connectivity index (χ1v) is 34.2. The molecule has 1 atom stereocenters. The molecule has 0 radical (unpaired) electrons. The second-order valence-corrected chi connectivity index (χ2v) is 22.4. The van der Waals surface area contributed by atoms with E-state index in [-0.39, 0.29) is 31.1 Å². The van der Waals surface area contributed by atoms with Gasteiger partial charge < -0.3 is 14.2 Å². The summed E-state index contributed by atoms with van der Waals surface area (Å²) in [4.78, 5) is 38.3. The fraction of sp³-hybridized carbons (Fsp3) is 0.671. The molecule has 0 fully saturated rings. The van der Waals surface area contributed by atoms with Crippen LogP contribution in [0.15, 0.2) is 134 Å². The van der Waals surface area contributed by atoms with Crippen molar-refractivity contribution >= 4 is 17.9 Å². The number of carbonyl (C=O) groups excluding carboxylic acids is 3. The second kappa shape index (κ2) is 69.0. The summed E-state index contributed by atoms with van der Waals surface area (Å²) in [5.74, 6) is -0.911. The SMILES string of the molecule is CC/C=C\C/C=C\C/C=C\C/C=C\C/C=C\C/C=C\C/C=C\C/C=C\C/C=C\C/C=C\CCCCCCC(=O)OCC(COC(=O)CCCCCCCCCCCC)OC(=O)CCCCCCCCCCC/C=C\CCCCCCCC. The van der Waals surface area contributed by atoms with Crippen molar-refractivity contribution in [1.29, 1.82) is 0 Å². The van der Waals surface area contributed by atoms with Gasteiger partial charge in [-0.15, -0.1) is 0 Å². The Bertz CT molecular complexity index is 1730. The zero-order chi connectivity index (χ0) is 59.2. The highest BCUT2D eigenvalue weighted by Gasteiger charge is 2.19. The number of esters is 3. The lowest BCUT2D eigenvalue weighted by Crippen LogP contribution is -2.30. The van der Waals surface area contributed by atoms with Gasteiger partial charge in [-0.25, -0.2) is 0 Å². The lowest BCUT2D eigenvalue weighted by molar-refractivity contribution is -0.167. The van der Waals surface area contributed by atoms with Gasteiger partial charge in [0.15, 0.2) is 6.10 Å². The van der Waals surface area contributed by atoms with Gasteiger partial charge in [-0.3, -0.25) is 14.4 Å². The molecule has 0 bridgehead atoms. The van der Waals surface area contributed by atoms with Crippen LogP contribution in [0, 0.1) is 0 Å². The van der Waals surface area contributed by atoms with Gasteiger partial charge in [0.1, 0.15) is 13.2 Å². The van der Waals surface area contributed by atoms with E-state index < -0.39 is 6.10 Å². The van der Waals surface area contributed by atoms with Gasteiger partial charge in [-0.1, -0.05) is 302 Å².